The quantitative estimate of drug-likeness (QED) is 0.676. The summed E-state index contributed by atoms with van der Waals surface area (Å²) in [7, 11) is 3.19. The van der Waals surface area contributed by atoms with Crippen molar-refractivity contribution in [3.63, 3.8) is 0 Å². The molecule has 1 aromatic heterocycles. The Balaban J connectivity index is 1.31. The van der Waals surface area contributed by atoms with Crippen molar-refractivity contribution in [3.05, 3.63) is 52.9 Å². The standard InChI is InChI=1S/C23H27N5O3/c1-30-20-12-18-19(13-21(20)31-2)25-23(29)28-15-16(24-22(18)28)14-26-8-10-27(11-9-26)17-6-4-3-5-7-17/h3-7,12-13,16,24H,8-11,14-15H2,1-2H3. The van der Waals surface area contributed by atoms with Crippen LogP contribution in [0.25, 0.3) is 10.9 Å². The predicted octanol–water partition coefficient (Wildman–Crippen LogP) is 2.03. The van der Waals surface area contributed by atoms with Crippen LogP contribution in [0.3, 0.4) is 0 Å². The fourth-order valence-electron chi connectivity index (χ4n) is 4.58. The first-order valence-electron chi connectivity index (χ1n) is 10.6. The fraction of sp³-hybridized carbons (Fsp3) is 0.391. The highest BCUT2D eigenvalue weighted by atomic mass is 16.5. The molecule has 0 saturated carbocycles. The van der Waals surface area contributed by atoms with Gasteiger partial charge in [0.2, 0.25) is 0 Å². The van der Waals surface area contributed by atoms with Crippen molar-refractivity contribution in [1.29, 1.82) is 0 Å². The van der Waals surface area contributed by atoms with Crippen LogP contribution in [-0.4, -0.2) is 67.4 Å². The predicted molar refractivity (Wildman–Crippen MR) is 122 cm³/mol. The summed E-state index contributed by atoms with van der Waals surface area (Å²) in [5.41, 5.74) is 1.65. The van der Waals surface area contributed by atoms with E-state index in [9.17, 15) is 4.79 Å². The SMILES string of the molecule is COc1cc2nc(=O)n3c(c2cc1OC)NC(CN1CCN(c2ccccc2)CC1)C3. The molecule has 1 fully saturated rings. The van der Waals surface area contributed by atoms with Gasteiger partial charge in [-0.25, -0.2) is 4.79 Å². The van der Waals surface area contributed by atoms with E-state index in [2.05, 4.69) is 50.4 Å². The number of aromatic nitrogens is 2. The molecule has 0 bridgehead atoms. The van der Waals surface area contributed by atoms with Crippen molar-refractivity contribution >= 4 is 22.4 Å². The minimum atomic E-state index is -0.237. The first-order chi connectivity index (χ1) is 15.2. The van der Waals surface area contributed by atoms with Crippen molar-refractivity contribution in [2.24, 2.45) is 0 Å². The van der Waals surface area contributed by atoms with Crippen molar-refractivity contribution in [2.75, 3.05) is 57.2 Å². The molecule has 3 aromatic rings. The van der Waals surface area contributed by atoms with E-state index in [1.54, 1.807) is 24.9 Å². The van der Waals surface area contributed by atoms with E-state index in [4.69, 9.17) is 9.47 Å². The Kier molecular flexibility index (Phi) is 5.15. The highest BCUT2D eigenvalue weighted by molar-refractivity contribution is 5.92. The largest absolute Gasteiger partial charge is 0.493 e. The van der Waals surface area contributed by atoms with Gasteiger partial charge < -0.3 is 19.7 Å². The van der Waals surface area contributed by atoms with Crippen LogP contribution < -0.4 is 25.4 Å². The molecule has 8 nitrogen and oxygen atoms in total. The van der Waals surface area contributed by atoms with Crippen LogP contribution >= 0.6 is 0 Å². The Morgan fingerprint density at radius 1 is 1.03 bits per heavy atom. The number of anilines is 2. The summed E-state index contributed by atoms with van der Waals surface area (Å²) in [5, 5.41) is 4.44. The Labute approximate surface area is 181 Å². The summed E-state index contributed by atoms with van der Waals surface area (Å²) in [6.45, 7) is 5.52. The number of hydrogen-bond donors (Lipinski definition) is 1. The summed E-state index contributed by atoms with van der Waals surface area (Å²) >= 11 is 0. The average molecular weight is 422 g/mol. The molecule has 1 N–H and O–H groups in total. The van der Waals surface area contributed by atoms with Gasteiger partial charge in [0.25, 0.3) is 0 Å². The van der Waals surface area contributed by atoms with Crippen LogP contribution in [0, 0.1) is 0 Å². The number of para-hydroxylation sites is 1. The number of methoxy groups -OCH3 is 2. The third-order valence-electron chi connectivity index (χ3n) is 6.19. The number of hydrogen-bond acceptors (Lipinski definition) is 7. The first kappa shape index (κ1) is 19.7. The first-order valence-corrected chi connectivity index (χ1v) is 10.6. The lowest BCUT2D eigenvalue weighted by Crippen LogP contribution is -2.49. The second-order valence-corrected chi connectivity index (χ2v) is 8.04. The van der Waals surface area contributed by atoms with Gasteiger partial charge in [0.05, 0.1) is 32.3 Å². The second-order valence-electron chi connectivity index (χ2n) is 8.04. The molecule has 2 aliphatic heterocycles. The third kappa shape index (κ3) is 3.67. The molecule has 3 heterocycles. The van der Waals surface area contributed by atoms with E-state index >= 15 is 0 Å². The Morgan fingerprint density at radius 3 is 2.45 bits per heavy atom. The molecule has 0 aliphatic carbocycles. The number of ether oxygens (including phenoxy) is 2. The highest BCUT2D eigenvalue weighted by Crippen LogP contribution is 2.35. The number of benzene rings is 2. The molecule has 5 rings (SSSR count). The molecule has 0 spiro atoms. The highest BCUT2D eigenvalue weighted by Gasteiger charge is 2.28. The van der Waals surface area contributed by atoms with Gasteiger partial charge in [0, 0.05) is 49.9 Å². The summed E-state index contributed by atoms with van der Waals surface area (Å²) in [4.78, 5) is 21.8. The number of rotatable bonds is 5. The Bertz CT molecular complexity index is 1140. The summed E-state index contributed by atoms with van der Waals surface area (Å²) in [6, 6.07) is 14.4. The molecule has 8 heteroatoms. The summed E-state index contributed by atoms with van der Waals surface area (Å²) in [5.74, 6) is 2.00. The Morgan fingerprint density at radius 2 is 1.74 bits per heavy atom. The van der Waals surface area contributed by atoms with Gasteiger partial charge in [0.15, 0.2) is 11.5 Å². The number of piperazine rings is 1. The summed E-state index contributed by atoms with van der Waals surface area (Å²) < 4.78 is 12.5. The van der Waals surface area contributed by atoms with Crippen molar-refractivity contribution < 1.29 is 9.47 Å². The third-order valence-corrected chi connectivity index (χ3v) is 6.19. The van der Waals surface area contributed by atoms with E-state index in [0.29, 0.717) is 23.6 Å². The van der Waals surface area contributed by atoms with Crippen LogP contribution in [0.4, 0.5) is 11.5 Å². The second kappa shape index (κ2) is 8.11. The topological polar surface area (TPSA) is 71.9 Å². The maximum atomic E-state index is 12.6. The monoisotopic (exact) mass is 421 g/mol. The molecule has 0 radical (unpaired) electrons. The zero-order chi connectivity index (χ0) is 21.4. The van der Waals surface area contributed by atoms with Crippen LogP contribution in [0.2, 0.25) is 0 Å². The van der Waals surface area contributed by atoms with Gasteiger partial charge in [-0.3, -0.25) is 9.47 Å². The molecular weight excluding hydrogens is 394 g/mol. The van der Waals surface area contributed by atoms with Crippen molar-refractivity contribution in [3.8, 4) is 11.5 Å². The lowest BCUT2D eigenvalue weighted by molar-refractivity contribution is 0.245. The number of nitrogens with zero attached hydrogens (tertiary/aromatic N) is 4. The smallest absolute Gasteiger partial charge is 0.349 e. The van der Waals surface area contributed by atoms with Crippen LogP contribution in [-0.2, 0) is 6.54 Å². The van der Waals surface area contributed by atoms with Gasteiger partial charge in [-0.15, -0.1) is 0 Å². The Hall–Kier alpha value is -3.26. The molecular formula is C23H27N5O3. The van der Waals surface area contributed by atoms with Crippen LogP contribution in [0.15, 0.2) is 47.3 Å². The van der Waals surface area contributed by atoms with E-state index in [-0.39, 0.29) is 11.7 Å². The molecule has 1 unspecified atom stereocenters. The summed E-state index contributed by atoms with van der Waals surface area (Å²) in [6.07, 6.45) is 0. The number of fused-ring (bicyclic) bond motifs is 3. The van der Waals surface area contributed by atoms with Gasteiger partial charge in [0.1, 0.15) is 5.82 Å². The molecule has 2 aliphatic rings. The van der Waals surface area contributed by atoms with Crippen molar-refractivity contribution in [2.45, 2.75) is 12.6 Å². The zero-order valence-corrected chi connectivity index (χ0v) is 17.9. The van der Waals surface area contributed by atoms with Gasteiger partial charge in [-0.2, -0.15) is 4.98 Å². The zero-order valence-electron chi connectivity index (χ0n) is 17.9. The lowest BCUT2D eigenvalue weighted by Gasteiger charge is -2.37. The molecule has 2 aromatic carbocycles. The van der Waals surface area contributed by atoms with E-state index in [1.165, 1.54) is 5.69 Å². The lowest BCUT2D eigenvalue weighted by atomic mass is 10.2. The minimum Gasteiger partial charge on any atom is -0.493 e. The minimum absolute atomic E-state index is 0.163. The normalized spacial score (nSPS) is 18.6. The average Bonchev–Trinajstić information content (AvgIpc) is 3.24. The molecule has 162 valence electrons. The van der Waals surface area contributed by atoms with E-state index in [1.807, 2.05) is 6.07 Å². The maximum absolute atomic E-state index is 12.6. The molecule has 0 amide bonds. The maximum Gasteiger partial charge on any atom is 0.349 e. The molecule has 1 saturated heterocycles. The molecule has 1 atom stereocenters. The van der Waals surface area contributed by atoms with E-state index in [0.717, 1.165) is 43.9 Å². The molecule has 31 heavy (non-hydrogen) atoms. The van der Waals surface area contributed by atoms with Crippen LogP contribution in [0.5, 0.6) is 11.5 Å². The van der Waals surface area contributed by atoms with Gasteiger partial charge in [-0.1, -0.05) is 18.2 Å². The van der Waals surface area contributed by atoms with Crippen LogP contribution in [0.1, 0.15) is 0 Å². The van der Waals surface area contributed by atoms with Crippen molar-refractivity contribution in [1.82, 2.24) is 14.5 Å². The number of nitrogens with one attached hydrogen (secondary N) is 1. The van der Waals surface area contributed by atoms with Gasteiger partial charge >= 0.3 is 5.69 Å². The van der Waals surface area contributed by atoms with E-state index < -0.39 is 0 Å². The van der Waals surface area contributed by atoms with Gasteiger partial charge in [-0.05, 0) is 18.2 Å². The fourth-order valence-corrected chi connectivity index (χ4v) is 4.58.